The summed E-state index contributed by atoms with van der Waals surface area (Å²) in [6.07, 6.45) is 1.36. The maximum atomic E-state index is 13.3. The van der Waals surface area contributed by atoms with E-state index in [0.717, 1.165) is 0 Å². The molecule has 0 saturated heterocycles. The molecule has 2 heterocycles. The Morgan fingerprint density at radius 3 is 2.90 bits per heavy atom. The highest BCUT2D eigenvalue weighted by Crippen LogP contribution is 2.29. The molecule has 0 atom stereocenters. The number of hydrogen-bond acceptors (Lipinski definition) is 4. The summed E-state index contributed by atoms with van der Waals surface area (Å²) < 4.78 is 14.8. The maximum Gasteiger partial charge on any atom is 0.255 e. The molecule has 0 saturated carbocycles. The summed E-state index contributed by atoms with van der Waals surface area (Å²) in [5.74, 6) is 0.477. The Morgan fingerprint density at radius 2 is 2.10 bits per heavy atom. The second-order valence-corrected chi connectivity index (χ2v) is 4.86. The minimum absolute atomic E-state index is 0.292. The Morgan fingerprint density at radius 1 is 1.30 bits per heavy atom. The van der Waals surface area contributed by atoms with Crippen molar-refractivity contribution in [3.8, 4) is 0 Å². The van der Waals surface area contributed by atoms with Crippen molar-refractivity contribution in [1.82, 2.24) is 19.6 Å². The monoisotopic (exact) mass is 311 g/mol. The molecule has 0 aliphatic heterocycles. The molecule has 0 radical (unpaired) electrons. The summed E-state index contributed by atoms with van der Waals surface area (Å²) in [4.78, 5) is 8.06. The number of halogens is 3. The highest BCUT2D eigenvalue weighted by atomic mass is 35.5. The SMILES string of the molecule is Cc1c(Cl)nc2ncnn2c1Nc1cc(F)ccc1Cl. The van der Waals surface area contributed by atoms with Crippen LogP contribution in [0.2, 0.25) is 10.2 Å². The average Bonchev–Trinajstić information content (AvgIpc) is 2.86. The Kier molecular flexibility index (Phi) is 3.19. The van der Waals surface area contributed by atoms with Crippen LogP contribution in [0.25, 0.3) is 5.78 Å². The fourth-order valence-corrected chi connectivity index (χ4v) is 2.10. The van der Waals surface area contributed by atoms with E-state index >= 15 is 0 Å². The predicted molar refractivity (Wildman–Crippen MR) is 75.2 cm³/mol. The Hall–Kier alpha value is -1.92. The van der Waals surface area contributed by atoms with Gasteiger partial charge in [0.2, 0.25) is 0 Å². The Labute approximate surface area is 123 Å². The van der Waals surface area contributed by atoms with E-state index in [2.05, 4.69) is 20.4 Å². The molecule has 0 bridgehead atoms. The van der Waals surface area contributed by atoms with Crippen molar-refractivity contribution in [2.24, 2.45) is 0 Å². The topological polar surface area (TPSA) is 55.1 Å². The number of rotatable bonds is 2. The van der Waals surface area contributed by atoms with Gasteiger partial charge >= 0.3 is 0 Å². The number of nitrogens with one attached hydrogen (secondary N) is 1. The third kappa shape index (κ3) is 2.17. The van der Waals surface area contributed by atoms with Crippen molar-refractivity contribution in [3.05, 3.63) is 46.1 Å². The number of fused-ring (bicyclic) bond motifs is 1. The summed E-state index contributed by atoms with van der Waals surface area (Å²) in [6.45, 7) is 1.77. The molecule has 1 aromatic carbocycles. The van der Waals surface area contributed by atoms with E-state index in [0.29, 0.717) is 33.0 Å². The highest BCUT2D eigenvalue weighted by molar-refractivity contribution is 6.33. The van der Waals surface area contributed by atoms with Gasteiger partial charge in [-0.15, -0.1) is 0 Å². The fourth-order valence-electron chi connectivity index (χ4n) is 1.77. The average molecular weight is 312 g/mol. The predicted octanol–water partition coefficient (Wildman–Crippen LogP) is 3.62. The van der Waals surface area contributed by atoms with Gasteiger partial charge in [0.25, 0.3) is 5.78 Å². The van der Waals surface area contributed by atoms with Gasteiger partial charge in [-0.25, -0.2) is 4.39 Å². The van der Waals surface area contributed by atoms with Gasteiger partial charge < -0.3 is 5.32 Å². The zero-order valence-corrected chi connectivity index (χ0v) is 11.7. The van der Waals surface area contributed by atoms with Crippen molar-refractivity contribution in [1.29, 1.82) is 0 Å². The minimum atomic E-state index is -0.399. The lowest BCUT2D eigenvalue weighted by molar-refractivity contribution is 0.628. The van der Waals surface area contributed by atoms with E-state index in [4.69, 9.17) is 23.2 Å². The molecule has 0 spiro atoms. The van der Waals surface area contributed by atoms with E-state index in [-0.39, 0.29) is 0 Å². The highest BCUT2D eigenvalue weighted by Gasteiger charge is 2.13. The number of anilines is 2. The van der Waals surface area contributed by atoms with Crippen LogP contribution in [0.4, 0.5) is 15.9 Å². The summed E-state index contributed by atoms with van der Waals surface area (Å²) >= 11 is 12.1. The van der Waals surface area contributed by atoms with Gasteiger partial charge in [0.1, 0.15) is 23.1 Å². The lowest BCUT2D eigenvalue weighted by Gasteiger charge is -2.12. The van der Waals surface area contributed by atoms with Crippen LogP contribution in [0.3, 0.4) is 0 Å². The molecule has 8 heteroatoms. The minimum Gasteiger partial charge on any atom is -0.338 e. The summed E-state index contributed by atoms with van der Waals surface area (Å²) in [6, 6.07) is 4.04. The first-order valence-corrected chi connectivity index (χ1v) is 6.40. The number of aromatic nitrogens is 4. The molecule has 1 N–H and O–H groups in total. The van der Waals surface area contributed by atoms with Crippen LogP contribution in [0.1, 0.15) is 5.56 Å². The third-order valence-corrected chi connectivity index (χ3v) is 3.48. The van der Waals surface area contributed by atoms with Gasteiger partial charge in [-0.05, 0) is 25.1 Å². The second-order valence-electron chi connectivity index (χ2n) is 4.10. The number of hydrogen-bond donors (Lipinski definition) is 1. The molecule has 102 valence electrons. The Bertz CT molecular complexity index is 802. The molecule has 0 unspecified atom stereocenters. The zero-order chi connectivity index (χ0) is 14.3. The molecule has 20 heavy (non-hydrogen) atoms. The summed E-state index contributed by atoms with van der Waals surface area (Å²) in [5, 5.41) is 7.74. The van der Waals surface area contributed by atoms with Crippen molar-refractivity contribution < 1.29 is 4.39 Å². The maximum absolute atomic E-state index is 13.3. The molecule has 0 fully saturated rings. The van der Waals surface area contributed by atoms with Crippen molar-refractivity contribution in [3.63, 3.8) is 0 Å². The van der Waals surface area contributed by atoms with Crippen LogP contribution in [-0.2, 0) is 0 Å². The summed E-state index contributed by atoms with van der Waals surface area (Å²) in [5.41, 5.74) is 1.07. The van der Waals surface area contributed by atoms with Crippen LogP contribution in [0, 0.1) is 12.7 Å². The van der Waals surface area contributed by atoms with Crippen LogP contribution < -0.4 is 5.32 Å². The van der Waals surface area contributed by atoms with Gasteiger partial charge in [0.05, 0.1) is 10.7 Å². The van der Waals surface area contributed by atoms with Crippen molar-refractivity contribution >= 4 is 40.5 Å². The van der Waals surface area contributed by atoms with E-state index in [9.17, 15) is 4.39 Å². The van der Waals surface area contributed by atoms with E-state index in [1.165, 1.54) is 29.0 Å². The molecule has 0 amide bonds. The third-order valence-electron chi connectivity index (χ3n) is 2.79. The molecular weight excluding hydrogens is 304 g/mol. The standard InChI is InChI=1S/C12H8Cl2FN5/c1-6-10(14)19-12-16-5-17-20(12)11(6)18-9-4-7(15)2-3-8(9)13/h2-5,18H,1H3. The van der Waals surface area contributed by atoms with Crippen LogP contribution in [0.5, 0.6) is 0 Å². The quantitative estimate of drug-likeness (QED) is 0.734. The Balaban J connectivity index is 2.17. The van der Waals surface area contributed by atoms with E-state index in [1.54, 1.807) is 6.92 Å². The van der Waals surface area contributed by atoms with Gasteiger partial charge in [0.15, 0.2) is 0 Å². The second kappa shape index (κ2) is 4.88. The lowest BCUT2D eigenvalue weighted by Crippen LogP contribution is -2.05. The van der Waals surface area contributed by atoms with Crippen LogP contribution in [0.15, 0.2) is 24.5 Å². The van der Waals surface area contributed by atoms with Gasteiger partial charge in [-0.2, -0.15) is 19.6 Å². The van der Waals surface area contributed by atoms with Crippen LogP contribution in [-0.4, -0.2) is 19.6 Å². The number of benzene rings is 1. The van der Waals surface area contributed by atoms with Gasteiger partial charge in [-0.1, -0.05) is 23.2 Å². The van der Waals surface area contributed by atoms with E-state index in [1.807, 2.05) is 0 Å². The van der Waals surface area contributed by atoms with Gasteiger partial charge in [-0.3, -0.25) is 0 Å². The molecule has 0 aliphatic carbocycles. The first kappa shape index (κ1) is 13.1. The summed E-state index contributed by atoms with van der Waals surface area (Å²) in [7, 11) is 0. The first-order valence-electron chi connectivity index (χ1n) is 5.64. The van der Waals surface area contributed by atoms with Crippen LogP contribution >= 0.6 is 23.2 Å². The molecule has 2 aromatic heterocycles. The molecule has 0 aliphatic rings. The zero-order valence-electron chi connectivity index (χ0n) is 10.2. The molecule has 5 nitrogen and oxygen atoms in total. The largest absolute Gasteiger partial charge is 0.338 e. The lowest BCUT2D eigenvalue weighted by atomic mass is 10.3. The first-order chi connectivity index (χ1) is 9.56. The normalized spacial score (nSPS) is 11.0. The van der Waals surface area contributed by atoms with Crippen molar-refractivity contribution in [2.45, 2.75) is 6.92 Å². The number of nitrogens with zero attached hydrogens (tertiary/aromatic N) is 4. The van der Waals surface area contributed by atoms with E-state index < -0.39 is 5.82 Å². The molecule has 3 aromatic rings. The smallest absolute Gasteiger partial charge is 0.255 e. The molecule has 3 rings (SSSR count). The van der Waals surface area contributed by atoms with Crippen molar-refractivity contribution in [2.75, 3.05) is 5.32 Å². The fraction of sp³-hybridized carbons (Fsp3) is 0.0833. The van der Waals surface area contributed by atoms with Gasteiger partial charge in [0, 0.05) is 5.56 Å². The molecular formula is C12H8Cl2FN5.